The Balaban J connectivity index is 2.23. The van der Waals surface area contributed by atoms with Gasteiger partial charge in [-0.2, -0.15) is 5.10 Å². The van der Waals surface area contributed by atoms with Crippen LogP contribution in [0.1, 0.15) is 18.3 Å². The molecule has 1 aromatic heterocycles. The molecule has 1 heterocycles. The number of ether oxygens (including phenoxy) is 1. The van der Waals surface area contributed by atoms with E-state index in [0.29, 0.717) is 33.0 Å². The molecule has 0 spiro atoms. The molecule has 4 nitrogen and oxygen atoms in total. The lowest BCUT2D eigenvalue weighted by molar-refractivity contribution is 0.294. The second-order valence-electron chi connectivity index (χ2n) is 4.25. The Morgan fingerprint density at radius 3 is 2.55 bits per heavy atom. The minimum Gasteiger partial charge on any atom is -0.485 e. The van der Waals surface area contributed by atoms with E-state index in [-0.39, 0.29) is 6.61 Å². The van der Waals surface area contributed by atoms with Gasteiger partial charge in [-0.05, 0) is 19.9 Å². The highest BCUT2D eigenvalue weighted by Gasteiger charge is 2.14. The van der Waals surface area contributed by atoms with Crippen LogP contribution < -0.4 is 10.5 Å². The number of nitrogens with zero attached hydrogens (tertiary/aromatic N) is 2. The van der Waals surface area contributed by atoms with Crippen LogP contribution in [0, 0.1) is 6.92 Å². The molecule has 0 atom stereocenters. The van der Waals surface area contributed by atoms with Gasteiger partial charge in [0.1, 0.15) is 12.4 Å². The first kappa shape index (κ1) is 15.3. The molecule has 0 aliphatic heterocycles. The van der Waals surface area contributed by atoms with Crippen LogP contribution in [-0.2, 0) is 13.2 Å². The molecule has 2 rings (SSSR count). The number of nitrogen functional groups attached to an aromatic ring is 1. The Labute approximate surface area is 132 Å². The molecule has 0 saturated carbocycles. The first-order valence-corrected chi connectivity index (χ1v) is 7.16. The van der Waals surface area contributed by atoms with Crippen LogP contribution in [0.2, 0.25) is 15.1 Å². The summed E-state index contributed by atoms with van der Waals surface area (Å²) < 4.78 is 7.48. The average Bonchev–Trinajstić information content (AvgIpc) is 2.68. The zero-order valence-electron chi connectivity index (χ0n) is 11.1. The van der Waals surface area contributed by atoms with E-state index in [9.17, 15) is 0 Å². The van der Waals surface area contributed by atoms with Crippen molar-refractivity contribution in [3.63, 3.8) is 0 Å². The zero-order chi connectivity index (χ0) is 14.9. The maximum Gasteiger partial charge on any atom is 0.144 e. The summed E-state index contributed by atoms with van der Waals surface area (Å²) in [6, 6.07) is 3.15. The van der Waals surface area contributed by atoms with Crippen molar-refractivity contribution in [2.45, 2.75) is 27.0 Å². The molecule has 2 N–H and O–H groups in total. The number of aromatic nitrogens is 2. The van der Waals surface area contributed by atoms with Crippen molar-refractivity contribution in [2.75, 3.05) is 5.73 Å². The van der Waals surface area contributed by atoms with Gasteiger partial charge in [0.25, 0.3) is 0 Å². The van der Waals surface area contributed by atoms with E-state index in [1.807, 2.05) is 13.8 Å². The number of aryl methyl sites for hydroxylation is 2. The smallest absolute Gasteiger partial charge is 0.144 e. The fraction of sp³-hybridized carbons (Fsp3) is 0.308. The van der Waals surface area contributed by atoms with Gasteiger partial charge in [0.05, 0.1) is 32.1 Å². The van der Waals surface area contributed by atoms with Crippen LogP contribution in [-0.4, -0.2) is 9.78 Å². The summed E-state index contributed by atoms with van der Waals surface area (Å²) in [6.45, 7) is 4.81. The van der Waals surface area contributed by atoms with Crippen LogP contribution in [0.25, 0.3) is 0 Å². The van der Waals surface area contributed by atoms with E-state index in [1.165, 1.54) is 0 Å². The first-order chi connectivity index (χ1) is 9.43. The minimum atomic E-state index is 0.260. The molecule has 0 radical (unpaired) electrons. The number of hydrogen-bond acceptors (Lipinski definition) is 3. The molecule has 0 unspecified atom stereocenters. The number of rotatable bonds is 4. The molecule has 0 fully saturated rings. The summed E-state index contributed by atoms with van der Waals surface area (Å²) in [7, 11) is 0. The highest BCUT2D eigenvalue weighted by atomic mass is 35.5. The molecule has 108 valence electrons. The van der Waals surface area contributed by atoms with Crippen molar-refractivity contribution in [3.05, 3.63) is 38.6 Å². The van der Waals surface area contributed by atoms with Crippen LogP contribution >= 0.6 is 34.8 Å². The van der Waals surface area contributed by atoms with E-state index in [4.69, 9.17) is 45.3 Å². The Bertz CT molecular complexity index is 640. The lowest BCUT2D eigenvalue weighted by Gasteiger charge is -2.11. The quantitative estimate of drug-likeness (QED) is 0.847. The fourth-order valence-electron chi connectivity index (χ4n) is 1.82. The molecule has 20 heavy (non-hydrogen) atoms. The highest BCUT2D eigenvalue weighted by molar-refractivity contribution is 6.42. The average molecular weight is 335 g/mol. The Morgan fingerprint density at radius 1 is 1.25 bits per heavy atom. The van der Waals surface area contributed by atoms with E-state index in [1.54, 1.807) is 16.8 Å². The second-order valence-corrected chi connectivity index (χ2v) is 5.45. The standard InChI is InChI=1S/C13H14Cl3N3O/c1-3-19-11(13(16)7(2)18-19)6-20-12-5-9(15)8(14)4-10(12)17/h4-5H,3,6,17H2,1-2H3. The first-order valence-electron chi connectivity index (χ1n) is 6.03. The van der Waals surface area contributed by atoms with Gasteiger partial charge in [0.2, 0.25) is 0 Å². The molecular weight excluding hydrogens is 321 g/mol. The zero-order valence-corrected chi connectivity index (χ0v) is 13.4. The fourth-order valence-corrected chi connectivity index (χ4v) is 2.34. The molecule has 2 aromatic rings. The summed E-state index contributed by atoms with van der Waals surface area (Å²) >= 11 is 18.0. The number of benzene rings is 1. The molecule has 7 heteroatoms. The highest BCUT2D eigenvalue weighted by Crippen LogP contribution is 2.33. The van der Waals surface area contributed by atoms with Gasteiger partial charge in [-0.15, -0.1) is 0 Å². The Kier molecular flexibility index (Phi) is 4.68. The molecule has 1 aromatic carbocycles. The van der Waals surface area contributed by atoms with E-state index < -0.39 is 0 Å². The maximum atomic E-state index is 6.21. The van der Waals surface area contributed by atoms with Crippen molar-refractivity contribution >= 4 is 40.5 Å². The largest absolute Gasteiger partial charge is 0.485 e. The van der Waals surface area contributed by atoms with Gasteiger partial charge < -0.3 is 10.5 Å². The topological polar surface area (TPSA) is 53.1 Å². The van der Waals surface area contributed by atoms with Gasteiger partial charge in [-0.25, -0.2) is 0 Å². The van der Waals surface area contributed by atoms with Crippen molar-refractivity contribution < 1.29 is 4.74 Å². The lowest BCUT2D eigenvalue weighted by atomic mass is 10.3. The Morgan fingerprint density at radius 2 is 1.90 bits per heavy atom. The Hall–Kier alpha value is -1.10. The monoisotopic (exact) mass is 333 g/mol. The molecule has 0 bridgehead atoms. The summed E-state index contributed by atoms with van der Waals surface area (Å²) in [6.07, 6.45) is 0. The van der Waals surface area contributed by atoms with Gasteiger partial charge in [-0.3, -0.25) is 4.68 Å². The normalized spacial score (nSPS) is 10.8. The molecule has 0 amide bonds. The predicted molar refractivity (Wildman–Crippen MR) is 82.9 cm³/mol. The van der Waals surface area contributed by atoms with Crippen LogP contribution in [0.5, 0.6) is 5.75 Å². The summed E-state index contributed by atoms with van der Waals surface area (Å²) in [5.74, 6) is 0.469. The van der Waals surface area contributed by atoms with Gasteiger partial charge >= 0.3 is 0 Å². The molecule has 0 saturated heterocycles. The van der Waals surface area contributed by atoms with Crippen LogP contribution in [0.4, 0.5) is 5.69 Å². The number of nitrogens with two attached hydrogens (primary N) is 1. The molecule has 0 aliphatic rings. The van der Waals surface area contributed by atoms with Crippen molar-refractivity contribution in [3.8, 4) is 5.75 Å². The van der Waals surface area contributed by atoms with Crippen LogP contribution in [0.15, 0.2) is 12.1 Å². The minimum absolute atomic E-state index is 0.260. The van der Waals surface area contributed by atoms with Crippen molar-refractivity contribution in [1.82, 2.24) is 9.78 Å². The number of hydrogen-bond donors (Lipinski definition) is 1. The van der Waals surface area contributed by atoms with E-state index >= 15 is 0 Å². The third-order valence-corrected chi connectivity index (χ3v) is 4.08. The van der Waals surface area contributed by atoms with Gasteiger partial charge in [-0.1, -0.05) is 34.8 Å². The predicted octanol–water partition coefficient (Wildman–Crippen LogP) is 4.33. The molecular formula is C13H14Cl3N3O. The van der Waals surface area contributed by atoms with Crippen LogP contribution in [0.3, 0.4) is 0 Å². The maximum absolute atomic E-state index is 6.21. The van der Waals surface area contributed by atoms with E-state index in [2.05, 4.69) is 5.10 Å². The third kappa shape index (κ3) is 2.97. The van der Waals surface area contributed by atoms with Gasteiger partial charge in [0.15, 0.2) is 0 Å². The third-order valence-electron chi connectivity index (χ3n) is 2.87. The lowest BCUT2D eigenvalue weighted by Crippen LogP contribution is -2.07. The summed E-state index contributed by atoms with van der Waals surface area (Å²) in [5, 5.41) is 5.71. The van der Waals surface area contributed by atoms with Crippen molar-refractivity contribution in [1.29, 1.82) is 0 Å². The number of halogens is 3. The van der Waals surface area contributed by atoms with E-state index in [0.717, 1.165) is 11.4 Å². The SMILES string of the molecule is CCn1nc(C)c(Cl)c1COc1cc(Cl)c(Cl)cc1N. The summed E-state index contributed by atoms with van der Waals surface area (Å²) in [4.78, 5) is 0. The van der Waals surface area contributed by atoms with Crippen molar-refractivity contribution in [2.24, 2.45) is 0 Å². The van der Waals surface area contributed by atoms with Gasteiger partial charge in [0, 0.05) is 12.6 Å². The molecule has 0 aliphatic carbocycles. The number of anilines is 1. The second kappa shape index (κ2) is 6.12. The summed E-state index contributed by atoms with van der Waals surface area (Å²) in [5.41, 5.74) is 7.85.